The zero-order valence-electron chi connectivity index (χ0n) is 39.7. The molecule has 4 spiro atoms. The second-order valence-electron chi connectivity index (χ2n) is 19.0. The minimum absolute atomic E-state index is 0.109. The van der Waals surface area contributed by atoms with Crippen LogP contribution >= 0.6 is 15.9 Å². The molecule has 14 nitrogen and oxygen atoms in total. The Morgan fingerprint density at radius 1 is 0.583 bits per heavy atom. The number of rotatable bonds is 2. The van der Waals surface area contributed by atoms with E-state index in [1.807, 2.05) is 60.7 Å². The Kier molecular flexibility index (Phi) is 12.3. The first-order valence-corrected chi connectivity index (χ1v) is 24.6. The van der Waals surface area contributed by atoms with Gasteiger partial charge in [0.2, 0.25) is 11.1 Å². The summed E-state index contributed by atoms with van der Waals surface area (Å²) in [6, 6.07) is 46.3. The normalized spacial score (nSPS) is 21.2. The highest BCUT2D eigenvalue weighted by Gasteiger charge is 2.69. The van der Waals surface area contributed by atoms with Crippen LogP contribution in [0.1, 0.15) is 70.2 Å². The first-order chi connectivity index (χ1) is 34.7. The second-order valence-corrected chi connectivity index (χ2v) is 19.9. The van der Waals surface area contributed by atoms with E-state index in [1.54, 1.807) is 38.4 Å². The van der Waals surface area contributed by atoms with E-state index in [2.05, 4.69) is 70.5 Å². The fraction of sp³-hybridized carbons (Fsp3) is 0.250. The van der Waals surface area contributed by atoms with Gasteiger partial charge in [0.15, 0.2) is 11.9 Å². The number of aliphatic imine (C=N–C) groups is 2. The molecule has 16 heteroatoms. The van der Waals surface area contributed by atoms with E-state index in [9.17, 15) is 14.9 Å². The molecule has 2 aliphatic carbocycles. The molecule has 4 heterocycles. The molecular weight excluding hydrogens is 971 g/mol. The molecule has 0 bridgehead atoms. The van der Waals surface area contributed by atoms with Crippen molar-refractivity contribution in [2.45, 2.75) is 73.6 Å². The van der Waals surface area contributed by atoms with E-state index in [0.717, 1.165) is 58.2 Å². The monoisotopic (exact) mass is 1020 g/mol. The van der Waals surface area contributed by atoms with Crippen LogP contribution in [-0.2, 0) is 46.4 Å². The molecule has 2 amide bonds. The molecule has 6 aliphatic rings. The Labute approximate surface area is 426 Å². The summed E-state index contributed by atoms with van der Waals surface area (Å²) in [6.45, 7) is 0. The number of nitrogens with two attached hydrogens (primary N) is 2. The summed E-state index contributed by atoms with van der Waals surface area (Å²) >= 11 is 3.54. The summed E-state index contributed by atoms with van der Waals surface area (Å²) in [5.74, 6) is 1.59. The third-order valence-corrected chi connectivity index (χ3v) is 15.7. The van der Waals surface area contributed by atoms with Gasteiger partial charge in [-0.05, 0) is 145 Å². The minimum Gasteiger partial charge on any atom is -0.483 e. The molecule has 4 aliphatic heterocycles. The lowest BCUT2D eigenvalue weighted by Gasteiger charge is -2.38. The molecule has 2 atom stereocenters. The number of guanidine groups is 2. The molecule has 72 heavy (non-hydrogen) atoms. The van der Waals surface area contributed by atoms with Gasteiger partial charge in [-0.3, -0.25) is 19.4 Å². The molecule has 0 aromatic heterocycles. The summed E-state index contributed by atoms with van der Waals surface area (Å²) < 4.78 is 14.2. The SMILES string of the molecule is CN1C(=O)C2(N=C1N)c1cc(-c3cccc(C#N)c3)ccc1OC21CCc2ccccc2CC1.CN1C(=O)C2(N=C1N)c1cc(Br)ccc1OC21CCc2ccccc2CC1.N#Cc1cccc(B(O)O)c1. The van der Waals surface area contributed by atoms with E-state index >= 15 is 0 Å². The maximum Gasteiger partial charge on any atom is 0.488 e. The lowest BCUT2D eigenvalue weighted by atomic mass is 9.71. The van der Waals surface area contributed by atoms with Crippen molar-refractivity contribution >= 4 is 52.2 Å². The fourth-order valence-electron chi connectivity index (χ4n) is 11.4. The molecule has 6 aromatic rings. The third kappa shape index (κ3) is 7.69. The number of benzene rings is 6. The van der Waals surface area contributed by atoms with Gasteiger partial charge in [-0.25, -0.2) is 9.98 Å². The van der Waals surface area contributed by atoms with Crippen molar-refractivity contribution in [1.82, 2.24) is 9.80 Å². The Bertz CT molecular complexity index is 3290. The number of nitrogens with zero attached hydrogens (tertiary/aromatic N) is 6. The quantitative estimate of drug-likeness (QED) is 0.142. The van der Waals surface area contributed by atoms with E-state index in [1.165, 1.54) is 38.1 Å². The van der Waals surface area contributed by atoms with Gasteiger partial charge in [-0.1, -0.05) is 94.8 Å². The molecule has 2 unspecified atom stereocenters. The number of amides is 2. The molecule has 0 fully saturated rings. The Morgan fingerprint density at radius 3 is 1.46 bits per heavy atom. The number of likely N-dealkylation sites (N-methyl/N-ethyl adjacent to an activating group) is 2. The number of halogens is 1. The predicted octanol–water partition coefficient (Wildman–Crippen LogP) is 6.30. The van der Waals surface area contributed by atoms with Crippen molar-refractivity contribution < 1.29 is 29.1 Å². The van der Waals surface area contributed by atoms with Gasteiger partial charge < -0.3 is 31.0 Å². The van der Waals surface area contributed by atoms with Crippen LogP contribution in [0.25, 0.3) is 11.1 Å². The van der Waals surface area contributed by atoms with Crippen molar-refractivity contribution in [1.29, 1.82) is 10.5 Å². The fourth-order valence-corrected chi connectivity index (χ4v) is 11.8. The second kappa shape index (κ2) is 18.4. The van der Waals surface area contributed by atoms with E-state index < -0.39 is 29.4 Å². The molecular formula is C56H50BBrN8O6. The lowest BCUT2D eigenvalue weighted by Crippen LogP contribution is -2.56. The highest BCUT2D eigenvalue weighted by molar-refractivity contribution is 9.10. The molecule has 0 saturated heterocycles. The van der Waals surface area contributed by atoms with Gasteiger partial charge in [0.05, 0.1) is 23.3 Å². The van der Waals surface area contributed by atoms with Gasteiger partial charge in [-0.15, -0.1) is 0 Å². The van der Waals surface area contributed by atoms with Crippen molar-refractivity contribution in [2.75, 3.05) is 14.1 Å². The first kappa shape index (κ1) is 47.9. The number of carbonyl (C=O) groups is 2. The molecule has 6 aromatic carbocycles. The number of fused-ring (bicyclic) bond motifs is 8. The van der Waals surface area contributed by atoms with Crippen LogP contribution < -0.4 is 26.4 Å². The predicted molar refractivity (Wildman–Crippen MR) is 277 cm³/mol. The van der Waals surface area contributed by atoms with Crippen molar-refractivity contribution in [3.8, 4) is 34.8 Å². The Balaban J connectivity index is 0.000000140. The van der Waals surface area contributed by atoms with Crippen LogP contribution in [-0.4, -0.2) is 76.0 Å². The van der Waals surface area contributed by atoms with Gasteiger partial charge in [0.1, 0.15) is 22.7 Å². The number of carbonyl (C=O) groups excluding carboxylic acids is 2. The average molecular weight is 1020 g/mol. The topological polar surface area (TPSA) is 224 Å². The summed E-state index contributed by atoms with van der Waals surface area (Å²) in [4.78, 5) is 40.0. The zero-order valence-corrected chi connectivity index (χ0v) is 41.3. The summed E-state index contributed by atoms with van der Waals surface area (Å²) in [6.07, 6.45) is 6.05. The van der Waals surface area contributed by atoms with Gasteiger partial charge >= 0.3 is 7.12 Å². The van der Waals surface area contributed by atoms with Gasteiger partial charge in [0.25, 0.3) is 11.8 Å². The van der Waals surface area contributed by atoms with E-state index in [4.69, 9.17) is 46.2 Å². The van der Waals surface area contributed by atoms with Crippen LogP contribution in [0.5, 0.6) is 11.5 Å². The van der Waals surface area contributed by atoms with E-state index in [0.29, 0.717) is 48.0 Å². The van der Waals surface area contributed by atoms with Gasteiger partial charge in [-0.2, -0.15) is 10.5 Å². The maximum atomic E-state index is 13.9. The third-order valence-electron chi connectivity index (χ3n) is 15.2. The van der Waals surface area contributed by atoms with E-state index in [-0.39, 0.29) is 23.7 Å². The number of hydrogen-bond donors (Lipinski definition) is 4. The van der Waals surface area contributed by atoms with Crippen LogP contribution in [0.4, 0.5) is 0 Å². The van der Waals surface area contributed by atoms with Crippen molar-refractivity contribution in [2.24, 2.45) is 21.5 Å². The first-order valence-electron chi connectivity index (χ1n) is 23.8. The molecule has 360 valence electrons. The van der Waals surface area contributed by atoms with Crippen LogP contribution in [0.2, 0.25) is 0 Å². The summed E-state index contributed by atoms with van der Waals surface area (Å²) in [5, 5.41) is 35.1. The zero-order chi connectivity index (χ0) is 50.6. The maximum absolute atomic E-state index is 13.9. The lowest BCUT2D eigenvalue weighted by molar-refractivity contribution is -0.138. The Morgan fingerprint density at radius 2 is 1.01 bits per heavy atom. The van der Waals surface area contributed by atoms with Crippen LogP contribution in [0, 0.1) is 22.7 Å². The molecule has 0 radical (unpaired) electrons. The molecule has 12 rings (SSSR count). The highest BCUT2D eigenvalue weighted by Crippen LogP contribution is 2.59. The average Bonchev–Trinajstić information content (AvgIpc) is 3.87. The van der Waals surface area contributed by atoms with Crippen molar-refractivity contribution in [3.63, 3.8) is 0 Å². The Hall–Kier alpha value is -7.76. The summed E-state index contributed by atoms with van der Waals surface area (Å²) in [5.41, 5.74) is 18.4. The van der Waals surface area contributed by atoms with Crippen LogP contribution in [0.15, 0.2) is 148 Å². The number of nitriles is 2. The smallest absolute Gasteiger partial charge is 0.483 e. The highest BCUT2D eigenvalue weighted by atomic mass is 79.9. The summed E-state index contributed by atoms with van der Waals surface area (Å²) in [7, 11) is 1.86. The standard InChI is InChI=1S/C28H24N4O2.C21H20BrN3O2.C7H6BNO2/c1-32-25(33)28(31-26(32)30)23-16-22(21-8-4-5-18(15-21)17-29)9-10-24(23)34-27(28)13-11-19-6-2-3-7-20(19)12-14-27;1-25-18(26)21(24-19(25)23)16-12-15(22)6-7-17(16)27-20(21)10-8-13-4-2-3-5-14(13)9-11-20;9-5-6-2-1-3-7(4-6)8(10)11/h2-10,15-16H,11-14H2,1H3,(H2,30,31);2-7,12H,8-11H2,1H3,(H2,23,24);1-4,10-11H. The van der Waals surface area contributed by atoms with Crippen LogP contribution in [0.3, 0.4) is 0 Å². The number of hydrogen-bond acceptors (Lipinski definition) is 12. The number of aryl methyl sites for hydroxylation is 4. The molecule has 6 N–H and O–H groups in total. The van der Waals surface area contributed by atoms with Crippen molar-refractivity contribution in [3.05, 3.63) is 182 Å². The largest absolute Gasteiger partial charge is 0.488 e. The van der Waals surface area contributed by atoms with Gasteiger partial charge in [0, 0.05) is 29.7 Å². The molecule has 0 saturated carbocycles. The minimum atomic E-state index is -1.50. The number of ether oxygens (including phenoxy) is 2.